The molecule has 0 N–H and O–H groups in total. The van der Waals surface area contributed by atoms with Gasteiger partial charge >= 0.3 is 0 Å². The number of allylic oxidation sites excluding steroid dienone is 2. The lowest BCUT2D eigenvalue weighted by Gasteiger charge is -2.32. The van der Waals surface area contributed by atoms with E-state index in [1.165, 1.54) is 0 Å². The van der Waals surface area contributed by atoms with Crippen molar-refractivity contribution in [2.45, 2.75) is 32.6 Å². The van der Waals surface area contributed by atoms with Gasteiger partial charge in [-0.25, -0.2) is 0 Å². The second-order valence-electron chi connectivity index (χ2n) is 5.42. The van der Waals surface area contributed by atoms with Gasteiger partial charge in [-0.05, 0) is 42.0 Å². The van der Waals surface area contributed by atoms with Crippen LogP contribution in [-0.4, -0.2) is 6.61 Å². The van der Waals surface area contributed by atoms with Gasteiger partial charge in [-0.3, -0.25) is 0 Å². The summed E-state index contributed by atoms with van der Waals surface area (Å²) in [6, 6.07) is 9.76. The van der Waals surface area contributed by atoms with Crippen molar-refractivity contribution in [3.8, 4) is 17.9 Å². The summed E-state index contributed by atoms with van der Waals surface area (Å²) in [4.78, 5) is 0. The van der Waals surface area contributed by atoms with Gasteiger partial charge in [-0.1, -0.05) is 19.9 Å². The molecular weight excluding hydrogens is 236 g/mol. The van der Waals surface area contributed by atoms with E-state index < -0.39 is 0 Å². The van der Waals surface area contributed by atoms with Gasteiger partial charge in [0.05, 0.1) is 6.61 Å². The van der Waals surface area contributed by atoms with Crippen LogP contribution in [0.15, 0.2) is 23.8 Å². The third kappa shape index (κ3) is 2.33. The van der Waals surface area contributed by atoms with Crippen LogP contribution in [0, 0.1) is 22.7 Å². The molecule has 19 heavy (non-hydrogen) atoms. The minimum Gasteiger partial charge on any atom is -0.493 e. The van der Waals surface area contributed by atoms with Crippen LogP contribution < -0.4 is 4.74 Å². The molecule has 0 saturated carbocycles. The summed E-state index contributed by atoms with van der Waals surface area (Å²) in [5.74, 6) is 0.906. The van der Waals surface area contributed by atoms with Crippen LogP contribution in [0.3, 0.4) is 0 Å². The summed E-state index contributed by atoms with van der Waals surface area (Å²) in [5.41, 5.74) is 2.99. The number of benzene rings is 1. The smallest absolute Gasteiger partial charge is 0.133 e. The van der Waals surface area contributed by atoms with Gasteiger partial charge in [-0.2, -0.15) is 10.5 Å². The second-order valence-corrected chi connectivity index (χ2v) is 5.42. The van der Waals surface area contributed by atoms with Crippen molar-refractivity contribution in [1.29, 1.82) is 10.5 Å². The van der Waals surface area contributed by atoms with E-state index in [1.807, 2.05) is 30.3 Å². The van der Waals surface area contributed by atoms with E-state index >= 15 is 0 Å². The van der Waals surface area contributed by atoms with Crippen molar-refractivity contribution < 1.29 is 4.74 Å². The van der Waals surface area contributed by atoms with Crippen molar-refractivity contribution in [3.05, 3.63) is 34.9 Å². The maximum atomic E-state index is 8.94. The highest BCUT2D eigenvalue weighted by Crippen LogP contribution is 2.39. The molecule has 0 radical (unpaired) electrons. The van der Waals surface area contributed by atoms with E-state index in [0.29, 0.717) is 5.57 Å². The molecule has 0 bridgehead atoms. The first-order valence-corrected chi connectivity index (χ1v) is 6.28. The van der Waals surface area contributed by atoms with E-state index in [1.54, 1.807) is 6.92 Å². The minimum absolute atomic E-state index is 0.0589. The Kier molecular flexibility index (Phi) is 3.32. The van der Waals surface area contributed by atoms with Gasteiger partial charge in [-0.15, -0.1) is 0 Å². The molecule has 0 atom stereocenters. The van der Waals surface area contributed by atoms with Gasteiger partial charge in [0.25, 0.3) is 0 Å². The molecule has 1 aromatic rings. The Morgan fingerprint density at radius 2 is 1.95 bits per heavy atom. The number of fused-ring (bicyclic) bond motifs is 1. The molecule has 1 heterocycles. The molecule has 3 heteroatoms. The summed E-state index contributed by atoms with van der Waals surface area (Å²) in [6.07, 6.45) is 0.968. The van der Waals surface area contributed by atoms with Crippen LogP contribution in [0.25, 0.3) is 5.57 Å². The fourth-order valence-electron chi connectivity index (χ4n) is 2.31. The average molecular weight is 252 g/mol. The number of hydrogen-bond donors (Lipinski definition) is 0. The fourth-order valence-corrected chi connectivity index (χ4v) is 2.31. The number of hydrogen-bond acceptors (Lipinski definition) is 3. The molecule has 0 spiro atoms. The summed E-state index contributed by atoms with van der Waals surface area (Å²) in [6.45, 7) is 6.91. The van der Waals surface area contributed by atoms with Crippen molar-refractivity contribution in [1.82, 2.24) is 0 Å². The summed E-state index contributed by atoms with van der Waals surface area (Å²) < 4.78 is 5.66. The zero-order valence-electron chi connectivity index (χ0n) is 11.4. The van der Waals surface area contributed by atoms with E-state index in [0.717, 1.165) is 29.9 Å². The number of nitrogens with zero attached hydrogens (tertiary/aromatic N) is 2. The Balaban J connectivity index is 2.57. The van der Waals surface area contributed by atoms with Crippen LogP contribution in [0.4, 0.5) is 0 Å². The minimum atomic E-state index is 0.0589. The van der Waals surface area contributed by atoms with Crippen LogP contribution in [0.2, 0.25) is 0 Å². The lowest BCUT2D eigenvalue weighted by Crippen LogP contribution is -2.26. The van der Waals surface area contributed by atoms with E-state index in [-0.39, 0.29) is 11.0 Å². The Morgan fingerprint density at radius 1 is 1.26 bits per heavy atom. The van der Waals surface area contributed by atoms with E-state index in [9.17, 15) is 0 Å². The molecule has 2 rings (SSSR count). The van der Waals surface area contributed by atoms with Crippen LogP contribution in [-0.2, 0) is 5.41 Å². The summed E-state index contributed by atoms with van der Waals surface area (Å²) in [5, 5.41) is 17.9. The first-order valence-electron chi connectivity index (χ1n) is 6.28. The number of rotatable bonds is 1. The predicted molar refractivity (Wildman–Crippen MR) is 73.4 cm³/mol. The summed E-state index contributed by atoms with van der Waals surface area (Å²) in [7, 11) is 0. The zero-order valence-corrected chi connectivity index (χ0v) is 11.4. The third-order valence-corrected chi connectivity index (χ3v) is 3.72. The molecule has 0 aromatic heterocycles. The van der Waals surface area contributed by atoms with Crippen molar-refractivity contribution >= 4 is 5.57 Å². The highest BCUT2D eigenvalue weighted by molar-refractivity contribution is 5.74. The van der Waals surface area contributed by atoms with Gasteiger partial charge in [0.15, 0.2) is 0 Å². The standard InChI is InChI=1S/C16H16N2O/c1-11(13(9-17)10-18)12-4-5-15-14(8-12)16(2,3)6-7-19-15/h4-5,8H,6-7H2,1-3H3. The molecule has 0 unspecified atom stereocenters. The second kappa shape index (κ2) is 4.78. The van der Waals surface area contributed by atoms with Gasteiger partial charge in [0.2, 0.25) is 0 Å². The van der Waals surface area contributed by atoms with Crippen molar-refractivity contribution in [2.75, 3.05) is 6.61 Å². The lowest BCUT2D eigenvalue weighted by molar-refractivity contribution is 0.234. The van der Waals surface area contributed by atoms with E-state index in [4.69, 9.17) is 15.3 Å². The molecule has 3 nitrogen and oxygen atoms in total. The third-order valence-electron chi connectivity index (χ3n) is 3.72. The SMILES string of the molecule is CC(=C(C#N)C#N)c1ccc2c(c1)C(C)(C)CCO2. The van der Waals surface area contributed by atoms with Crippen LogP contribution in [0.1, 0.15) is 38.3 Å². The molecule has 0 fully saturated rings. The van der Waals surface area contributed by atoms with Crippen LogP contribution in [0.5, 0.6) is 5.75 Å². The van der Waals surface area contributed by atoms with Crippen molar-refractivity contribution in [3.63, 3.8) is 0 Å². The maximum Gasteiger partial charge on any atom is 0.133 e. The molecule has 0 amide bonds. The quantitative estimate of drug-likeness (QED) is 0.718. The molecule has 0 saturated heterocycles. The Morgan fingerprint density at radius 3 is 2.58 bits per heavy atom. The lowest BCUT2D eigenvalue weighted by atomic mass is 9.78. The average Bonchev–Trinajstić information content (AvgIpc) is 2.39. The van der Waals surface area contributed by atoms with Gasteiger partial charge in [0, 0.05) is 5.56 Å². The van der Waals surface area contributed by atoms with E-state index in [2.05, 4.69) is 13.8 Å². The Hall–Kier alpha value is -2.26. The molecule has 1 aliphatic heterocycles. The Bertz CT molecular complexity index is 611. The molecule has 1 aromatic carbocycles. The molecular formula is C16H16N2O. The largest absolute Gasteiger partial charge is 0.493 e. The number of nitriles is 2. The fraction of sp³-hybridized carbons (Fsp3) is 0.375. The summed E-state index contributed by atoms with van der Waals surface area (Å²) >= 11 is 0. The zero-order chi connectivity index (χ0) is 14.0. The highest BCUT2D eigenvalue weighted by Gasteiger charge is 2.29. The highest BCUT2D eigenvalue weighted by atomic mass is 16.5. The molecule has 0 aliphatic carbocycles. The topological polar surface area (TPSA) is 56.8 Å². The maximum absolute atomic E-state index is 8.94. The first kappa shape index (κ1) is 13.2. The monoisotopic (exact) mass is 252 g/mol. The molecule has 1 aliphatic rings. The number of ether oxygens (including phenoxy) is 1. The Labute approximate surface area is 113 Å². The van der Waals surface area contributed by atoms with Gasteiger partial charge in [0.1, 0.15) is 23.5 Å². The first-order chi connectivity index (χ1) is 8.99. The van der Waals surface area contributed by atoms with Crippen molar-refractivity contribution in [2.24, 2.45) is 0 Å². The molecule has 96 valence electrons. The normalized spacial score (nSPS) is 15.4. The van der Waals surface area contributed by atoms with Gasteiger partial charge < -0.3 is 4.74 Å². The van der Waals surface area contributed by atoms with Crippen LogP contribution >= 0.6 is 0 Å². The predicted octanol–water partition coefficient (Wildman–Crippen LogP) is 3.57.